The van der Waals surface area contributed by atoms with Crippen LogP contribution in [0.4, 0.5) is 0 Å². The summed E-state index contributed by atoms with van der Waals surface area (Å²) in [7, 11) is 0. The van der Waals surface area contributed by atoms with Crippen LogP contribution in [0.1, 0.15) is 49.0 Å². The van der Waals surface area contributed by atoms with Gasteiger partial charge < -0.3 is 9.47 Å². The Morgan fingerprint density at radius 2 is 1.00 bits per heavy atom. The van der Waals surface area contributed by atoms with Crippen molar-refractivity contribution in [1.82, 2.24) is 0 Å². The Bertz CT molecular complexity index is 666. The summed E-state index contributed by atoms with van der Waals surface area (Å²) in [5.41, 5.74) is 2.47. The van der Waals surface area contributed by atoms with Gasteiger partial charge in [0.1, 0.15) is 12.2 Å². The Labute approximate surface area is 143 Å². The van der Waals surface area contributed by atoms with E-state index in [0.29, 0.717) is 0 Å². The van der Waals surface area contributed by atoms with Crippen LogP contribution in [0, 0.1) is 0 Å². The van der Waals surface area contributed by atoms with Crippen molar-refractivity contribution in [2.75, 3.05) is 0 Å². The first-order valence-electron chi connectivity index (χ1n) is 8.74. The first kappa shape index (κ1) is 15.1. The van der Waals surface area contributed by atoms with Gasteiger partial charge in [-0.1, -0.05) is 60.7 Å². The molecule has 0 radical (unpaired) electrons. The van der Waals surface area contributed by atoms with E-state index >= 15 is 0 Å². The van der Waals surface area contributed by atoms with Gasteiger partial charge in [0, 0.05) is 0 Å². The molecule has 122 valence electrons. The topological polar surface area (TPSA) is 18.5 Å². The third-order valence-electron chi connectivity index (χ3n) is 4.64. The van der Waals surface area contributed by atoms with Crippen LogP contribution in [0.5, 0.6) is 0 Å². The molecular weight excluding hydrogens is 296 g/mol. The summed E-state index contributed by atoms with van der Waals surface area (Å²) >= 11 is 0. The summed E-state index contributed by atoms with van der Waals surface area (Å²) in [5, 5.41) is 0. The highest BCUT2D eigenvalue weighted by Crippen LogP contribution is 2.38. The van der Waals surface area contributed by atoms with E-state index in [1.165, 1.54) is 11.1 Å². The number of rotatable bonds is 3. The zero-order chi connectivity index (χ0) is 16.2. The molecule has 2 aromatic carbocycles. The van der Waals surface area contributed by atoms with Crippen molar-refractivity contribution in [2.24, 2.45) is 0 Å². The van der Waals surface area contributed by atoms with Gasteiger partial charge in [-0.25, -0.2) is 0 Å². The van der Waals surface area contributed by atoms with Gasteiger partial charge in [-0.3, -0.25) is 0 Å². The molecule has 2 nitrogen and oxygen atoms in total. The largest absolute Gasteiger partial charge is 0.482 e. The highest BCUT2D eigenvalue weighted by molar-refractivity contribution is 5.28. The zero-order valence-corrected chi connectivity index (χ0v) is 13.7. The smallest absolute Gasteiger partial charge is 0.157 e. The molecule has 0 saturated carbocycles. The van der Waals surface area contributed by atoms with Gasteiger partial charge in [-0.2, -0.15) is 0 Å². The molecule has 2 unspecified atom stereocenters. The minimum atomic E-state index is 0.118. The number of allylic oxidation sites excluding steroid dienone is 2. The van der Waals surface area contributed by atoms with E-state index in [1.807, 2.05) is 12.1 Å². The van der Waals surface area contributed by atoms with Crippen LogP contribution >= 0.6 is 0 Å². The summed E-state index contributed by atoms with van der Waals surface area (Å²) in [6.45, 7) is 0. The van der Waals surface area contributed by atoms with Crippen molar-refractivity contribution < 1.29 is 9.47 Å². The summed E-state index contributed by atoms with van der Waals surface area (Å²) in [6.07, 6.45) is 8.64. The lowest BCUT2D eigenvalue weighted by Gasteiger charge is -2.30. The standard InChI is InChI=1S/C22H22O2/c1-3-9-17(10-4-1)19-13-7-15-21(23-19)22-16-8-14-20(24-22)18-11-5-2-6-12-18/h1-6,9-12,15-16,19-20H,7-8,13-14H2. The normalized spacial score (nSPS) is 23.5. The van der Waals surface area contributed by atoms with Gasteiger partial charge in [0.15, 0.2) is 11.5 Å². The number of benzene rings is 2. The van der Waals surface area contributed by atoms with Crippen molar-refractivity contribution in [3.05, 3.63) is 95.5 Å². The molecule has 2 aromatic rings. The second-order valence-electron chi connectivity index (χ2n) is 6.33. The van der Waals surface area contributed by atoms with Gasteiger partial charge in [0.05, 0.1) is 0 Å². The van der Waals surface area contributed by atoms with Gasteiger partial charge in [0.25, 0.3) is 0 Å². The first-order valence-corrected chi connectivity index (χ1v) is 8.74. The van der Waals surface area contributed by atoms with E-state index in [9.17, 15) is 0 Å². The number of hydrogen-bond donors (Lipinski definition) is 0. The van der Waals surface area contributed by atoms with Gasteiger partial charge >= 0.3 is 0 Å². The maximum absolute atomic E-state index is 6.26. The van der Waals surface area contributed by atoms with Crippen molar-refractivity contribution in [3.8, 4) is 0 Å². The van der Waals surface area contributed by atoms with Crippen LogP contribution in [0.2, 0.25) is 0 Å². The van der Waals surface area contributed by atoms with Crippen LogP contribution in [-0.2, 0) is 9.47 Å². The summed E-state index contributed by atoms with van der Waals surface area (Å²) in [6, 6.07) is 20.9. The zero-order valence-electron chi connectivity index (χ0n) is 13.7. The SMILES string of the molecule is C1=C(C2=CCCC(c3ccccc3)O2)OC(c2ccccc2)CC1. The number of ether oxygens (including phenoxy) is 2. The van der Waals surface area contributed by atoms with E-state index in [0.717, 1.165) is 37.2 Å². The highest BCUT2D eigenvalue weighted by atomic mass is 16.5. The second-order valence-corrected chi connectivity index (χ2v) is 6.33. The molecule has 2 heterocycles. The summed E-state index contributed by atoms with van der Waals surface area (Å²) in [4.78, 5) is 0. The minimum absolute atomic E-state index is 0.118. The quantitative estimate of drug-likeness (QED) is 0.706. The lowest BCUT2D eigenvalue weighted by molar-refractivity contribution is 0.0428. The van der Waals surface area contributed by atoms with E-state index in [1.54, 1.807) is 0 Å². The fourth-order valence-corrected chi connectivity index (χ4v) is 3.37. The molecule has 0 spiro atoms. The Balaban J connectivity index is 1.49. The Kier molecular flexibility index (Phi) is 4.37. The predicted octanol–water partition coefficient (Wildman–Crippen LogP) is 5.86. The van der Waals surface area contributed by atoms with E-state index in [4.69, 9.17) is 9.47 Å². The lowest BCUT2D eigenvalue weighted by Crippen LogP contribution is -2.15. The third-order valence-corrected chi connectivity index (χ3v) is 4.64. The molecule has 0 aliphatic carbocycles. The fourth-order valence-electron chi connectivity index (χ4n) is 3.37. The maximum atomic E-state index is 6.26. The second kappa shape index (κ2) is 6.96. The Hall–Kier alpha value is -2.48. The van der Waals surface area contributed by atoms with Crippen molar-refractivity contribution in [1.29, 1.82) is 0 Å². The van der Waals surface area contributed by atoms with Crippen LogP contribution in [0.3, 0.4) is 0 Å². The van der Waals surface area contributed by atoms with Crippen LogP contribution in [-0.4, -0.2) is 0 Å². The molecular formula is C22H22O2. The Morgan fingerprint density at radius 1 is 0.583 bits per heavy atom. The molecule has 0 amide bonds. The van der Waals surface area contributed by atoms with Gasteiger partial charge in [-0.15, -0.1) is 0 Å². The molecule has 4 rings (SSSR count). The molecule has 2 atom stereocenters. The first-order chi connectivity index (χ1) is 11.9. The third kappa shape index (κ3) is 3.23. The van der Waals surface area contributed by atoms with Crippen LogP contribution in [0.25, 0.3) is 0 Å². The molecule has 0 bridgehead atoms. The molecule has 2 aliphatic rings. The van der Waals surface area contributed by atoms with Crippen molar-refractivity contribution in [2.45, 2.75) is 37.9 Å². The van der Waals surface area contributed by atoms with E-state index in [2.05, 4.69) is 60.7 Å². The lowest BCUT2D eigenvalue weighted by atomic mass is 10.00. The molecule has 2 heteroatoms. The summed E-state index contributed by atoms with van der Waals surface area (Å²) < 4.78 is 12.5. The van der Waals surface area contributed by atoms with Gasteiger partial charge in [0.2, 0.25) is 0 Å². The highest BCUT2D eigenvalue weighted by Gasteiger charge is 2.25. The molecule has 2 aliphatic heterocycles. The monoisotopic (exact) mass is 318 g/mol. The molecule has 0 aromatic heterocycles. The number of hydrogen-bond acceptors (Lipinski definition) is 2. The van der Waals surface area contributed by atoms with Crippen LogP contribution in [0.15, 0.2) is 84.3 Å². The minimum Gasteiger partial charge on any atom is -0.482 e. The van der Waals surface area contributed by atoms with Crippen molar-refractivity contribution in [3.63, 3.8) is 0 Å². The van der Waals surface area contributed by atoms with E-state index in [-0.39, 0.29) is 12.2 Å². The summed E-state index contributed by atoms with van der Waals surface area (Å²) in [5.74, 6) is 1.80. The van der Waals surface area contributed by atoms with Crippen molar-refractivity contribution >= 4 is 0 Å². The molecule has 24 heavy (non-hydrogen) atoms. The molecule has 0 N–H and O–H groups in total. The maximum Gasteiger partial charge on any atom is 0.157 e. The van der Waals surface area contributed by atoms with Gasteiger partial charge in [-0.05, 0) is 49.0 Å². The average molecular weight is 318 g/mol. The van der Waals surface area contributed by atoms with Crippen LogP contribution < -0.4 is 0 Å². The van der Waals surface area contributed by atoms with E-state index < -0.39 is 0 Å². The average Bonchev–Trinajstić information content (AvgIpc) is 2.70. The predicted molar refractivity (Wildman–Crippen MR) is 95.2 cm³/mol. The molecule has 0 saturated heterocycles. The fraction of sp³-hybridized carbons (Fsp3) is 0.273. The molecule has 0 fully saturated rings. The Morgan fingerprint density at radius 3 is 1.42 bits per heavy atom.